The Morgan fingerprint density at radius 1 is 1.20 bits per heavy atom. The minimum absolute atomic E-state index is 0. The Morgan fingerprint density at radius 2 is 1.84 bits per heavy atom. The summed E-state index contributed by atoms with van der Waals surface area (Å²) in [6.07, 6.45) is 4.57. The number of hydrogen-bond donors (Lipinski definition) is 1. The van der Waals surface area contributed by atoms with Crippen LogP contribution in [0.5, 0.6) is 0 Å². The predicted octanol–water partition coefficient (Wildman–Crippen LogP) is 2.31. The van der Waals surface area contributed by atoms with Gasteiger partial charge in [0.25, 0.3) is 0 Å². The van der Waals surface area contributed by atoms with E-state index in [0.717, 1.165) is 18.4 Å². The van der Waals surface area contributed by atoms with E-state index in [1.165, 1.54) is 16.7 Å². The lowest BCUT2D eigenvalue weighted by Gasteiger charge is -2.33. The lowest BCUT2D eigenvalue weighted by Crippen LogP contribution is -2.45. The molecule has 0 aliphatic carbocycles. The van der Waals surface area contributed by atoms with Crippen molar-refractivity contribution in [1.82, 2.24) is 14.3 Å². The molecule has 1 aromatic heterocycles. The zero-order valence-electron chi connectivity index (χ0n) is 14.1. The molecule has 8 heteroatoms. The summed E-state index contributed by atoms with van der Waals surface area (Å²) < 4.78 is 27.1. The molecule has 136 valence electrons. The molecule has 25 heavy (non-hydrogen) atoms. The first-order valence-electron chi connectivity index (χ1n) is 8.11. The Hall–Kier alpha value is -1.54. The highest BCUT2D eigenvalue weighted by atomic mass is 35.5. The molecular weight excluding hydrogens is 360 g/mol. The quantitative estimate of drug-likeness (QED) is 0.876. The van der Waals surface area contributed by atoms with Gasteiger partial charge >= 0.3 is 0 Å². The SMILES string of the molecule is CC(N)C1CCCN(S(=O)(=O)c2cnc(-c3ccccc3)nc2)C1.Cl. The fourth-order valence-corrected chi connectivity index (χ4v) is 4.38. The normalized spacial score (nSPS) is 19.8. The number of rotatable bonds is 4. The van der Waals surface area contributed by atoms with Crippen LogP contribution in [0.1, 0.15) is 19.8 Å². The van der Waals surface area contributed by atoms with Gasteiger partial charge in [0.05, 0.1) is 12.4 Å². The van der Waals surface area contributed by atoms with E-state index in [9.17, 15) is 8.42 Å². The molecule has 1 aromatic carbocycles. The van der Waals surface area contributed by atoms with Gasteiger partial charge in [-0.15, -0.1) is 12.4 Å². The molecule has 2 unspecified atom stereocenters. The zero-order chi connectivity index (χ0) is 17.2. The number of nitrogens with zero attached hydrogens (tertiary/aromatic N) is 3. The van der Waals surface area contributed by atoms with Crippen LogP contribution in [0.15, 0.2) is 47.6 Å². The second-order valence-corrected chi connectivity index (χ2v) is 8.17. The van der Waals surface area contributed by atoms with Crippen LogP contribution in [0, 0.1) is 5.92 Å². The molecule has 6 nitrogen and oxygen atoms in total. The van der Waals surface area contributed by atoms with Crippen molar-refractivity contribution in [3.8, 4) is 11.4 Å². The summed E-state index contributed by atoms with van der Waals surface area (Å²) in [4.78, 5) is 8.58. The van der Waals surface area contributed by atoms with Gasteiger partial charge in [0.2, 0.25) is 10.0 Å². The molecule has 2 aromatic rings. The van der Waals surface area contributed by atoms with Crippen LogP contribution < -0.4 is 5.73 Å². The summed E-state index contributed by atoms with van der Waals surface area (Å²) in [6.45, 7) is 2.91. The molecule has 1 aliphatic heterocycles. The standard InChI is InChI=1S/C17H22N4O2S.ClH/c1-13(18)15-8-5-9-21(12-15)24(22,23)16-10-19-17(20-11-16)14-6-3-2-4-7-14;/h2-4,6-7,10-11,13,15H,5,8-9,12,18H2,1H3;1H. The fraction of sp³-hybridized carbons (Fsp3) is 0.412. The summed E-state index contributed by atoms with van der Waals surface area (Å²) in [7, 11) is -3.57. The fourth-order valence-electron chi connectivity index (χ4n) is 2.96. The van der Waals surface area contributed by atoms with E-state index < -0.39 is 10.0 Å². The molecule has 0 bridgehead atoms. The summed E-state index contributed by atoms with van der Waals surface area (Å²) in [5.41, 5.74) is 6.81. The Kier molecular flexibility index (Phi) is 6.51. The van der Waals surface area contributed by atoms with Gasteiger partial charge in [0.15, 0.2) is 5.82 Å². The summed E-state index contributed by atoms with van der Waals surface area (Å²) in [6, 6.07) is 9.46. The molecule has 1 aliphatic rings. The maximum atomic E-state index is 12.8. The topological polar surface area (TPSA) is 89.2 Å². The first-order valence-corrected chi connectivity index (χ1v) is 9.55. The first kappa shape index (κ1) is 19.8. The smallest absolute Gasteiger partial charge is 0.246 e. The van der Waals surface area contributed by atoms with Crippen molar-refractivity contribution in [1.29, 1.82) is 0 Å². The molecule has 2 atom stereocenters. The van der Waals surface area contributed by atoms with Gasteiger partial charge in [-0.2, -0.15) is 4.31 Å². The highest BCUT2D eigenvalue weighted by molar-refractivity contribution is 7.89. The van der Waals surface area contributed by atoms with E-state index in [2.05, 4.69) is 9.97 Å². The number of aromatic nitrogens is 2. The second-order valence-electron chi connectivity index (χ2n) is 6.23. The van der Waals surface area contributed by atoms with E-state index in [1.54, 1.807) is 0 Å². The number of piperidine rings is 1. The minimum atomic E-state index is -3.57. The van der Waals surface area contributed by atoms with Gasteiger partial charge < -0.3 is 5.73 Å². The van der Waals surface area contributed by atoms with E-state index in [1.807, 2.05) is 37.3 Å². The van der Waals surface area contributed by atoms with Gasteiger partial charge in [0.1, 0.15) is 4.90 Å². The Labute approximate surface area is 154 Å². The van der Waals surface area contributed by atoms with Gasteiger partial charge in [-0.1, -0.05) is 30.3 Å². The van der Waals surface area contributed by atoms with E-state index in [4.69, 9.17) is 5.73 Å². The molecule has 2 heterocycles. The summed E-state index contributed by atoms with van der Waals surface area (Å²) >= 11 is 0. The van der Waals surface area contributed by atoms with Crippen molar-refractivity contribution in [3.63, 3.8) is 0 Å². The van der Waals surface area contributed by atoms with Crippen LogP contribution in [0.2, 0.25) is 0 Å². The Morgan fingerprint density at radius 3 is 2.44 bits per heavy atom. The van der Waals surface area contributed by atoms with E-state index in [0.29, 0.717) is 18.9 Å². The summed E-state index contributed by atoms with van der Waals surface area (Å²) in [5.74, 6) is 0.708. The monoisotopic (exact) mass is 382 g/mol. The van der Waals surface area contributed by atoms with Crippen LogP contribution in [-0.4, -0.2) is 41.8 Å². The average Bonchev–Trinajstić information content (AvgIpc) is 2.62. The third-order valence-electron chi connectivity index (χ3n) is 4.46. The Balaban J connectivity index is 0.00000225. The highest BCUT2D eigenvalue weighted by Gasteiger charge is 2.32. The molecule has 2 N–H and O–H groups in total. The lowest BCUT2D eigenvalue weighted by atomic mass is 9.93. The molecule has 0 radical (unpaired) electrons. The van der Waals surface area contributed by atoms with Crippen LogP contribution >= 0.6 is 12.4 Å². The molecule has 1 fully saturated rings. The second kappa shape index (κ2) is 8.23. The van der Waals surface area contributed by atoms with Crippen molar-refractivity contribution in [2.24, 2.45) is 11.7 Å². The molecule has 0 saturated carbocycles. The number of hydrogen-bond acceptors (Lipinski definition) is 5. The van der Waals surface area contributed by atoms with Crippen LogP contribution in [-0.2, 0) is 10.0 Å². The lowest BCUT2D eigenvalue weighted by molar-refractivity contribution is 0.243. The molecule has 3 rings (SSSR count). The average molecular weight is 383 g/mol. The first-order chi connectivity index (χ1) is 11.5. The van der Waals surface area contributed by atoms with Crippen LogP contribution in [0.4, 0.5) is 0 Å². The van der Waals surface area contributed by atoms with Crippen molar-refractivity contribution in [3.05, 3.63) is 42.7 Å². The third kappa shape index (κ3) is 4.36. The third-order valence-corrected chi connectivity index (χ3v) is 6.28. The van der Waals surface area contributed by atoms with Crippen molar-refractivity contribution in [2.75, 3.05) is 13.1 Å². The van der Waals surface area contributed by atoms with E-state index >= 15 is 0 Å². The van der Waals surface area contributed by atoms with Gasteiger partial charge in [0, 0.05) is 24.7 Å². The van der Waals surface area contributed by atoms with Crippen LogP contribution in [0.3, 0.4) is 0 Å². The maximum Gasteiger partial charge on any atom is 0.246 e. The predicted molar refractivity (Wildman–Crippen MR) is 99.8 cm³/mol. The van der Waals surface area contributed by atoms with Crippen molar-refractivity contribution < 1.29 is 8.42 Å². The maximum absolute atomic E-state index is 12.8. The number of halogens is 1. The minimum Gasteiger partial charge on any atom is -0.328 e. The molecular formula is C17H23ClN4O2S. The van der Waals surface area contributed by atoms with E-state index in [-0.39, 0.29) is 29.3 Å². The molecule has 0 spiro atoms. The zero-order valence-corrected chi connectivity index (χ0v) is 15.7. The van der Waals surface area contributed by atoms with Crippen molar-refractivity contribution >= 4 is 22.4 Å². The van der Waals surface area contributed by atoms with Crippen molar-refractivity contribution in [2.45, 2.75) is 30.7 Å². The molecule has 0 amide bonds. The highest BCUT2D eigenvalue weighted by Crippen LogP contribution is 2.25. The van der Waals surface area contributed by atoms with Gasteiger partial charge in [-0.25, -0.2) is 18.4 Å². The largest absolute Gasteiger partial charge is 0.328 e. The molecule has 1 saturated heterocycles. The number of sulfonamides is 1. The van der Waals surface area contributed by atoms with Gasteiger partial charge in [-0.3, -0.25) is 0 Å². The summed E-state index contributed by atoms with van der Waals surface area (Å²) in [5, 5.41) is 0. The number of nitrogens with two attached hydrogens (primary N) is 1. The Bertz CT molecular complexity index is 782. The van der Waals surface area contributed by atoms with Gasteiger partial charge in [-0.05, 0) is 25.7 Å². The number of benzene rings is 1. The van der Waals surface area contributed by atoms with Crippen LogP contribution in [0.25, 0.3) is 11.4 Å².